The number of hydrogen-bond donors (Lipinski definition) is 0. The standard InChI is InChI=1S/C14H18N6O3S/c1-4-23-13(22)11-8(2)15-14(24-11)19(3)12(21)9-5-6-20-10(7-9)16-17-18-20/h9H,4-7H2,1-3H3. The lowest BCUT2D eigenvalue weighted by Gasteiger charge is -2.24. The molecule has 9 nitrogen and oxygen atoms in total. The van der Waals surface area contributed by atoms with Crippen molar-refractivity contribution in [1.82, 2.24) is 25.2 Å². The summed E-state index contributed by atoms with van der Waals surface area (Å²) in [6.45, 7) is 4.41. The summed E-state index contributed by atoms with van der Waals surface area (Å²) >= 11 is 1.17. The summed E-state index contributed by atoms with van der Waals surface area (Å²) in [6, 6.07) is 0. The number of amides is 1. The molecular formula is C14H18N6O3S. The van der Waals surface area contributed by atoms with Gasteiger partial charge in [-0.15, -0.1) is 5.10 Å². The van der Waals surface area contributed by atoms with E-state index in [0.29, 0.717) is 41.7 Å². The fraction of sp³-hybridized carbons (Fsp3) is 0.571. The van der Waals surface area contributed by atoms with E-state index in [-0.39, 0.29) is 11.8 Å². The molecule has 0 aliphatic carbocycles. The van der Waals surface area contributed by atoms with E-state index in [4.69, 9.17) is 4.74 Å². The second-order valence-corrected chi connectivity index (χ2v) is 6.51. The Morgan fingerprint density at radius 2 is 2.25 bits per heavy atom. The predicted molar refractivity (Wildman–Crippen MR) is 85.8 cm³/mol. The van der Waals surface area contributed by atoms with E-state index >= 15 is 0 Å². The van der Waals surface area contributed by atoms with Gasteiger partial charge in [0.25, 0.3) is 0 Å². The lowest BCUT2D eigenvalue weighted by Crippen LogP contribution is -2.37. The Morgan fingerprint density at radius 1 is 1.46 bits per heavy atom. The Kier molecular flexibility index (Phi) is 4.56. The summed E-state index contributed by atoms with van der Waals surface area (Å²) < 4.78 is 6.73. The Morgan fingerprint density at radius 3 is 3.00 bits per heavy atom. The molecule has 10 heteroatoms. The van der Waals surface area contributed by atoms with Crippen LogP contribution in [0.3, 0.4) is 0 Å². The largest absolute Gasteiger partial charge is 0.462 e. The molecule has 0 saturated carbocycles. The van der Waals surface area contributed by atoms with E-state index in [1.807, 2.05) is 0 Å². The van der Waals surface area contributed by atoms with Crippen LogP contribution in [0.15, 0.2) is 0 Å². The maximum Gasteiger partial charge on any atom is 0.350 e. The molecule has 2 aromatic heterocycles. The molecule has 1 amide bonds. The summed E-state index contributed by atoms with van der Waals surface area (Å²) in [5.74, 6) is 0.0733. The minimum atomic E-state index is -0.406. The number of ether oxygens (including phenoxy) is 1. The molecule has 128 valence electrons. The first-order valence-electron chi connectivity index (χ1n) is 7.68. The average molecular weight is 350 g/mol. The second kappa shape index (κ2) is 6.63. The van der Waals surface area contributed by atoms with Crippen molar-refractivity contribution in [1.29, 1.82) is 0 Å². The molecule has 0 spiro atoms. The fourth-order valence-electron chi connectivity index (χ4n) is 2.63. The van der Waals surface area contributed by atoms with Crippen LogP contribution in [0.2, 0.25) is 0 Å². The Balaban J connectivity index is 1.75. The first-order valence-corrected chi connectivity index (χ1v) is 8.50. The van der Waals surface area contributed by atoms with Crippen LogP contribution in [0.25, 0.3) is 0 Å². The molecular weight excluding hydrogens is 332 g/mol. The summed E-state index contributed by atoms with van der Waals surface area (Å²) in [6.07, 6.45) is 1.18. The highest BCUT2D eigenvalue weighted by atomic mass is 32.1. The number of rotatable bonds is 4. The van der Waals surface area contributed by atoms with Crippen LogP contribution in [-0.2, 0) is 22.5 Å². The van der Waals surface area contributed by atoms with Gasteiger partial charge in [0.05, 0.1) is 12.3 Å². The number of aryl methyl sites for hydroxylation is 2. The lowest BCUT2D eigenvalue weighted by molar-refractivity contribution is -0.122. The van der Waals surface area contributed by atoms with Gasteiger partial charge in [0.2, 0.25) is 5.91 Å². The molecule has 1 aliphatic heterocycles. The van der Waals surface area contributed by atoms with E-state index in [2.05, 4.69) is 20.5 Å². The van der Waals surface area contributed by atoms with Crippen molar-refractivity contribution in [2.75, 3.05) is 18.6 Å². The molecule has 3 rings (SSSR count). The van der Waals surface area contributed by atoms with Crippen molar-refractivity contribution in [2.24, 2.45) is 5.92 Å². The number of carbonyl (C=O) groups excluding carboxylic acids is 2. The summed E-state index contributed by atoms with van der Waals surface area (Å²) in [7, 11) is 1.67. The van der Waals surface area contributed by atoms with Gasteiger partial charge in [-0.05, 0) is 30.7 Å². The minimum absolute atomic E-state index is 0.0478. The second-order valence-electron chi connectivity index (χ2n) is 5.54. The number of thiazole rings is 1. The molecule has 3 heterocycles. The van der Waals surface area contributed by atoms with Gasteiger partial charge in [-0.25, -0.2) is 14.5 Å². The molecule has 1 unspecified atom stereocenters. The number of hydrogen-bond acceptors (Lipinski definition) is 8. The highest BCUT2D eigenvalue weighted by Gasteiger charge is 2.31. The molecule has 2 aromatic rings. The van der Waals surface area contributed by atoms with Crippen LogP contribution in [0.1, 0.15) is 34.5 Å². The van der Waals surface area contributed by atoms with E-state index in [9.17, 15) is 9.59 Å². The van der Waals surface area contributed by atoms with Crippen LogP contribution >= 0.6 is 11.3 Å². The van der Waals surface area contributed by atoms with Crippen LogP contribution in [0.5, 0.6) is 0 Å². The third kappa shape index (κ3) is 3.01. The van der Waals surface area contributed by atoms with E-state index in [1.165, 1.54) is 16.2 Å². The number of carbonyl (C=O) groups is 2. The first kappa shape index (κ1) is 16.5. The smallest absolute Gasteiger partial charge is 0.350 e. The number of anilines is 1. The van der Waals surface area contributed by atoms with Gasteiger partial charge >= 0.3 is 5.97 Å². The van der Waals surface area contributed by atoms with Gasteiger partial charge in [-0.1, -0.05) is 11.3 Å². The van der Waals surface area contributed by atoms with E-state index in [0.717, 1.165) is 5.82 Å². The SMILES string of the molecule is CCOC(=O)c1sc(N(C)C(=O)C2CCn3nnnc3C2)nc1C. The van der Waals surface area contributed by atoms with Gasteiger partial charge in [-0.3, -0.25) is 9.69 Å². The highest BCUT2D eigenvalue weighted by molar-refractivity contribution is 7.17. The number of tetrazole rings is 1. The maximum atomic E-state index is 12.7. The van der Waals surface area contributed by atoms with Crippen molar-refractivity contribution in [3.8, 4) is 0 Å². The normalized spacial score (nSPS) is 16.5. The molecule has 0 bridgehead atoms. The molecule has 0 saturated heterocycles. The number of fused-ring (bicyclic) bond motifs is 1. The highest BCUT2D eigenvalue weighted by Crippen LogP contribution is 2.28. The van der Waals surface area contributed by atoms with Gasteiger partial charge in [0, 0.05) is 25.9 Å². The van der Waals surface area contributed by atoms with Crippen molar-refractivity contribution < 1.29 is 14.3 Å². The van der Waals surface area contributed by atoms with Gasteiger partial charge < -0.3 is 4.74 Å². The minimum Gasteiger partial charge on any atom is -0.462 e. The van der Waals surface area contributed by atoms with Crippen LogP contribution in [-0.4, -0.2) is 50.7 Å². The zero-order chi connectivity index (χ0) is 17.3. The Hall–Kier alpha value is -2.36. The zero-order valence-corrected chi connectivity index (χ0v) is 14.5. The maximum absolute atomic E-state index is 12.7. The molecule has 1 atom stereocenters. The number of nitrogens with zero attached hydrogens (tertiary/aromatic N) is 6. The molecule has 24 heavy (non-hydrogen) atoms. The van der Waals surface area contributed by atoms with E-state index < -0.39 is 5.97 Å². The summed E-state index contributed by atoms with van der Waals surface area (Å²) in [5.41, 5.74) is 0.570. The number of esters is 1. The van der Waals surface area contributed by atoms with Gasteiger partial charge in [0.1, 0.15) is 4.88 Å². The van der Waals surface area contributed by atoms with Gasteiger partial charge in [0.15, 0.2) is 11.0 Å². The molecule has 0 fully saturated rings. The van der Waals surface area contributed by atoms with Crippen LogP contribution < -0.4 is 4.90 Å². The Bertz CT molecular complexity index is 770. The molecule has 1 aliphatic rings. The lowest BCUT2D eigenvalue weighted by atomic mass is 9.97. The van der Waals surface area contributed by atoms with Crippen molar-refractivity contribution in [3.05, 3.63) is 16.4 Å². The topological polar surface area (TPSA) is 103 Å². The predicted octanol–water partition coefficient (Wildman–Crippen LogP) is 0.840. The molecule has 0 aromatic carbocycles. The van der Waals surface area contributed by atoms with Crippen molar-refractivity contribution >= 4 is 28.3 Å². The van der Waals surface area contributed by atoms with Crippen LogP contribution in [0.4, 0.5) is 5.13 Å². The van der Waals surface area contributed by atoms with Gasteiger partial charge in [-0.2, -0.15) is 0 Å². The monoisotopic (exact) mass is 350 g/mol. The third-order valence-corrected chi connectivity index (χ3v) is 5.15. The summed E-state index contributed by atoms with van der Waals surface area (Å²) in [5, 5.41) is 11.9. The van der Waals surface area contributed by atoms with Crippen molar-refractivity contribution in [3.63, 3.8) is 0 Å². The fourth-order valence-corrected chi connectivity index (χ4v) is 3.56. The van der Waals surface area contributed by atoms with Crippen LogP contribution in [0, 0.1) is 12.8 Å². The third-order valence-electron chi connectivity index (χ3n) is 3.94. The zero-order valence-electron chi connectivity index (χ0n) is 13.7. The number of aromatic nitrogens is 5. The van der Waals surface area contributed by atoms with E-state index in [1.54, 1.807) is 25.6 Å². The molecule has 0 radical (unpaired) electrons. The summed E-state index contributed by atoms with van der Waals surface area (Å²) in [4.78, 5) is 30.9. The first-order chi connectivity index (χ1) is 11.5. The van der Waals surface area contributed by atoms with Crippen molar-refractivity contribution in [2.45, 2.75) is 33.2 Å². The molecule has 0 N–H and O–H groups in total. The quantitative estimate of drug-likeness (QED) is 0.753. The average Bonchev–Trinajstić information content (AvgIpc) is 3.19. The Labute approximate surface area is 142 Å².